The minimum atomic E-state index is -0.931. The quantitative estimate of drug-likeness (QED) is 0.776. The number of hydrogen-bond donors (Lipinski definition) is 1. The summed E-state index contributed by atoms with van der Waals surface area (Å²) in [7, 11) is 5.84. The molecule has 1 aromatic carbocycles. The zero-order chi connectivity index (χ0) is 16.0. The van der Waals surface area contributed by atoms with Crippen LogP contribution in [0.3, 0.4) is 0 Å². The number of methoxy groups -OCH3 is 4. The van der Waals surface area contributed by atoms with E-state index in [-0.39, 0.29) is 18.3 Å². The number of aliphatic hydroxyl groups excluding tert-OH is 1. The van der Waals surface area contributed by atoms with E-state index in [1.54, 1.807) is 19.1 Å². The lowest BCUT2D eigenvalue weighted by atomic mass is 9.93. The van der Waals surface area contributed by atoms with Crippen LogP contribution in [0.15, 0.2) is 12.1 Å². The van der Waals surface area contributed by atoms with Crippen LogP contribution in [0.1, 0.15) is 25.0 Å². The van der Waals surface area contributed by atoms with E-state index in [0.29, 0.717) is 22.8 Å². The lowest BCUT2D eigenvalue weighted by molar-refractivity contribution is -0.142. The smallest absolute Gasteiger partial charge is 0.305 e. The van der Waals surface area contributed by atoms with E-state index in [1.807, 2.05) is 0 Å². The second-order valence-corrected chi connectivity index (χ2v) is 4.65. The highest BCUT2D eigenvalue weighted by atomic mass is 16.5. The molecule has 0 radical (unpaired) electrons. The van der Waals surface area contributed by atoms with Crippen LogP contribution in [0.2, 0.25) is 0 Å². The first-order valence-electron chi connectivity index (χ1n) is 6.53. The van der Waals surface area contributed by atoms with E-state index < -0.39 is 6.10 Å². The monoisotopic (exact) mass is 298 g/mol. The van der Waals surface area contributed by atoms with Gasteiger partial charge in [0, 0.05) is 12.1 Å². The van der Waals surface area contributed by atoms with Crippen LogP contribution in [0.5, 0.6) is 17.2 Å². The largest absolute Gasteiger partial charge is 0.496 e. The van der Waals surface area contributed by atoms with Crippen molar-refractivity contribution in [1.82, 2.24) is 0 Å². The molecule has 1 rings (SSSR count). The third-order valence-electron chi connectivity index (χ3n) is 3.30. The summed E-state index contributed by atoms with van der Waals surface area (Å²) < 4.78 is 20.4. The van der Waals surface area contributed by atoms with Gasteiger partial charge < -0.3 is 24.1 Å². The van der Waals surface area contributed by atoms with Crippen molar-refractivity contribution in [3.63, 3.8) is 0 Å². The number of benzene rings is 1. The minimum absolute atomic E-state index is 0.0933. The fourth-order valence-corrected chi connectivity index (χ4v) is 2.07. The molecule has 2 atom stereocenters. The number of esters is 1. The summed E-state index contributed by atoms with van der Waals surface area (Å²) in [6.45, 7) is 1.75. The fraction of sp³-hybridized carbons (Fsp3) is 0.533. The van der Waals surface area contributed by atoms with Crippen LogP contribution >= 0.6 is 0 Å². The van der Waals surface area contributed by atoms with Crippen molar-refractivity contribution in [1.29, 1.82) is 0 Å². The van der Waals surface area contributed by atoms with Crippen LogP contribution in [-0.4, -0.2) is 39.5 Å². The summed E-state index contributed by atoms with van der Waals surface area (Å²) in [6, 6.07) is 3.32. The highest BCUT2D eigenvalue weighted by molar-refractivity contribution is 5.69. The Balaban J connectivity index is 3.17. The first-order valence-corrected chi connectivity index (χ1v) is 6.53. The maximum Gasteiger partial charge on any atom is 0.305 e. The summed E-state index contributed by atoms with van der Waals surface area (Å²) in [5, 5.41) is 10.5. The summed E-state index contributed by atoms with van der Waals surface area (Å²) >= 11 is 0. The molecular weight excluding hydrogens is 276 g/mol. The molecule has 0 heterocycles. The molecule has 0 spiro atoms. The molecule has 6 heteroatoms. The first-order chi connectivity index (χ1) is 9.98. The van der Waals surface area contributed by atoms with Crippen molar-refractivity contribution in [3.05, 3.63) is 17.7 Å². The highest BCUT2D eigenvalue weighted by Crippen LogP contribution is 2.41. The van der Waals surface area contributed by atoms with Crippen LogP contribution in [0.25, 0.3) is 0 Å². The Morgan fingerprint density at radius 1 is 1.10 bits per heavy atom. The molecule has 118 valence electrons. The number of carbonyl (C=O) groups excluding carboxylic acids is 1. The molecule has 0 aromatic heterocycles. The van der Waals surface area contributed by atoms with Gasteiger partial charge in [-0.05, 0) is 5.92 Å². The number of rotatable bonds is 7. The van der Waals surface area contributed by atoms with Gasteiger partial charge in [-0.25, -0.2) is 0 Å². The molecule has 0 aliphatic rings. The molecule has 6 nitrogen and oxygen atoms in total. The zero-order valence-corrected chi connectivity index (χ0v) is 13.0. The maximum atomic E-state index is 11.4. The van der Waals surface area contributed by atoms with Gasteiger partial charge in [-0.15, -0.1) is 0 Å². The Morgan fingerprint density at radius 3 is 2.00 bits per heavy atom. The maximum absolute atomic E-state index is 11.4. The topological polar surface area (TPSA) is 74.2 Å². The summed E-state index contributed by atoms with van der Waals surface area (Å²) in [6.07, 6.45) is -0.837. The predicted octanol–water partition coefficient (Wildman–Crippen LogP) is 1.94. The van der Waals surface area contributed by atoms with Gasteiger partial charge >= 0.3 is 5.97 Å². The van der Waals surface area contributed by atoms with Crippen LogP contribution < -0.4 is 14.2 Å². The fourth-order valence-electron chi connectivity index (χ4n) is 2.07. The normalized spacial score (nSPS) is 13.2. The van der Waals surface area contributed by atoms with Gasteiger partial charge in [0.2, 0.25) is 0 Å². The molecule has 0 saturated carbocycles. The molecule has 2 unspecified atom stereocenters. The molecule has 1 aromatic rings. The first kappa shape index (κ1) is 17.1. The molecule has 0 aliphatic heterocycles. The second-order valence-electron chi connectivity index (χ2n) is 4.65. The van der Waals surface area contributed by atoms with Crippen molar-refractivity contribution < 1.29 is 28.8 Å². The third kappa shape index (κ3) is 4.01. The van der Waals surface area contributed by atoms with Gasteiger partial charge in [0.1, 0.15) is 17.2 Å². The van der Waals surface area contributed by atoms with E-state index in [1.165, 1.54) is 28.4 Å². The van der Waals surface area contributed by atoms with Crippen LogP contribution in [0, 0.1) is 5.92 Å². The standard InChI is InChI=1S/C15H22O6/c1-9(6-13(16)21-5)15(17)14-11(19-3)7-10(18-2)8-12(14)20-4/h7-9,15,17H,6H2,1-5H3. The predicted molar refractivity (Wildman–Crippen MR) is 76.9 cm³/mol. The molecule has 0 saturated heterocycles. The minimum Gasteiger partial charge on any atom is -0.496 e. The van der Waals surface area contributed by atoms with E-state index in [4.69, 9.17) is 14.2 Å². The molecule has 0 aliphatic carbocycles. The summed E-state index contributed by atoms with van der Waals surface area (Å²) in [5.41, 5.74) is 0.484. The van der Waals surface area contributed by atoms with Crippen molar-refractivity contribution in [2.24, 2.45) is 5.92 Å². The molecule has 0 bridgehead atoms. The molecule has 0 amide bonds. The lowest BCUT2D eigenvalue weighted by Gasteiger charge is -2.23. The number of aliphatic hydroxyl groups is 1. The van der Waals surface area contributed by atoms with Gasteiger partial charge in [0.15, 0.2) is 0 Å². The van der Waals surface area contributed by atoms with Crippen molar-refractivity contribution >= 4 is 5.97 Å². The molecule has 21 heavy (non-hydrogen) atoms. The van der Waals surface area contributed by atoms with E-state index in [0.717, 1.165) is 0 Å². The van der Waals surface area contributed by atoms with Crippen LogP contribution in [0.4, 0.5) is 0 Å². The SMILES string of the molecule is COC(=O)CC(C)C(O)c1c(OC)cc(OC)cc1OC. The van der Waals surface area contributed by atoms with Crippen molar-refractivity contribution in [2.75, 3.05) is 28.4 Å². The number of carbonyl (C=O) groups is 1. The average Bonchev–Trinajstić information content (AvgIpc) is 2.52. The Labute approximate surface area is 124 Å². The summed E-state index contributed by atoms with van der Waals surface area (Å²) in [5.74, 6) is 0.702. The van der Waals surface area contributed by atoms with Crippen molar-refractivity contribution in [2.45, 2.75) is 19.4 Å². The second kappa shape index (κ2) is 7.73. The van der Waals surface area contributed by atoms with Gasteiger partial charge in [0.05, 0.1) is 46.5 Å². The lowest BCUT2D eigenvalue weighted by Crippen LogP contribution is -2.16. The van der Waals surface area contributed by atoms with E-state index in [2.05, 4.69) is 4.74 Å². The molecule has 1 N–H and O–H groups in total. The molecular formula is C15H22O6. The van der Waals surface area contributed by atoms with Gasteiger partial charge in [0.25, 0.3) is 0 Å². The van der Waals surface area contributed by atoms with E-state index in [9.17, 15) is 9.90 Å². The Bertz CT molecular complexity index is 460. The van der Waals surface area contributed by atoms with Gasteiger partial charge in [-0.2, -0.15) is 0 Å². The zero-order valence-electron chi connectivity index (χ0n) is 13.0. The Morgan fingerprint density at radius 2 is 1.62 bits per heavy atom. The highest BCUT2D eigenvalue weighted by Gasteiger charge is 2.27. The van der Waals surface area contributed by atoms with Gasteiger partial charge in [-0.1, -0.05) is 6.92 Å². The van der Waals surface area contributed by atoms with Crippen molar-refractivity contribution in [3.8, 4) is 17.2 Å². The molecule has 0 fully saturated rings. The van der Waals surface area contributed by atoms with Gasteiger partial charge in [-0.3, -0.25) is 4.79 Å². The number of ether oxygens (including phenoxy) is 4. The third-order valence-corrected chi connectivity index (χ3v) is 3.30. The van der Waals surface area contributed by atoms with E-state index >= 15 is 0 Å². The van der Waals surface area contributed by atoms with Crippen LogP contribution in [-0.2, 0) is 9.53 Å². The number of hydrogen-bond acceptors (Lipinski definition) is 6. The average molecular weight is 298 g/mol. The Kier molecular flexibility index (Phi) is 6.30. The Hall–Kier alpha value is -1.95. The summed E-state index contributed by atoms with van der Waals surface area (Å²) in [4.78, 5) is 11.4.